The van der Waals surface area contributed by atoms with Gasteiger partial charge in [-0.3, -0.25) is 4.68 Å². The van der Waals surface area contributed by atoms with Gasteiger partial charge in [-0.25, -0.2) is 13.1 Å². The van der Waals surface area contributed by atoms with Crippen molar-refractivity contribution in [1.82, 2.24) is 14.5 Å². The van der Waals surface area contributed by atoms with Crippen molar-refractivity contribution < 1.29 is 26.3 Å². The van der Waals surface area contributed by atoms with Crippen molar-refractivity contribution in [2.45, 2.75) is 31.5 Å². The van der Waals surface area contributed by atoms with E-state index in [1.54, 1.807) is 12.1 Å². The molecule has 0 spiro atoms. The first kappa shape index (κ1) is 20.2. The van der Waals surface area contributed by atoms with Crippen LogP contribution in [0, 0.1) is 5.92 Å². The van der Waals surface area contributed by atoms with Crippen molar-refractivity contribution in [3.05, 3.63) is 42.2 Å². The van der Waals surface area contributed by atoms with Crippen molar-refractivity contribution in [3.8, 4) is 5.75 Å². The number of hydrogen-bond donors (Lipinski definition) is 1. The lowest BCUT2D eigenvalue weighted by Gasteiger charge is -2.10. The van der Waals surface area contributed by atoms with Gasteiger partial charge >= 0.3 is 6.18 Å². The van der Waals surface area contributed by atoms with Crippen LogP contribution in [-0.2, 0) is 22.7 Å². The molecule has 1 aromatic carbocycles. The highest BCUT2D eigenvalue weighted by Crippen LogP contribution is 2.27. The second-order valence-corrected chi connectivity index (χ2v) is 7.80. The van der Waals surface area contributed by atoms with Crippen LogP contribution in [0.2, 0.25) is 0 Å². The minimum Gasteiger partial charge on any atom is -0.493 e. The summed E-state index contributed by atoms with van der Waals surface area (Å²) in [5.41, 5.74) is -1.02. The number of aromatic nitrogens is 2. The molecular formula is C16H20F3N3O3S. The Labute approximate surface area is 150 Å². The summed E-state index contributed by atoms with van der Waals surface area (Å²) in [6.45, 7) is 4.41. The molecule has 0 amide bonds. The van der Waals surface area contributed by atoms with E-state index in [0.29, 0.717) is 18.3 Å². The highest BCUT2D eigenvalue weighted by molar-refractivity contribution is 7.89. The zero-order chi connectivity index (χ0) is 19.4. The van der Waals surface area contributed by atoms with Gasteiger partial charge in [0, 0.05) is 12.7 Å². The number of rotatable bonds is 8. The van der Waals surface area contributed by atoms with Crippen LogP contribution in [0.3, 0.4) is 0 Å². The van der Waals surface area contributed by atoms with E-state index in [1.807, 2.05) is 13.8 Å². The zero-order valence-electron chi connectivity index (χ0n) is 14.3. The molecule has 6 nitrogen and oxygen atoms in total. The summed E-state index contributed by atoms with van der Waals surface area (Å²) >= 11 is 0. The second kappa shape index (κ2) is 8.09. The van der Waals surface area contributed by atoms with E-state index in [-0.39, 0.29) is 18.0 Å². The SMILES string of the molecule is CC(C)COc1ccc(S(=O)(=O)NCCn2ccc(C(F)(F)F)n2)cc1. The smallest absolute Gasteiger partial charge is 0.435 e. The zero-order valence-corrected chi connectivity index (χ0v) is 15.1. The minimum absolute atomic E-state index is 0.0229. The molecule has 26 heavy (non-hydrogen) atoms. The third kappa shape index (κ3) is 5.73. The standard InChI is InChI=1S/C16H20F3N3O3S/c1-12(2)11-25-13-3-5-14(6-4-13)26(23,24)20-8-10-22-9-7-15(21-22)16(17,18)19/h3-7,9,12,20H,8,10-11H2,1-2H3. The molecule has 0 aliphatic carbocycles. The van der Waals surface area contributed by atoms with Gasteiger partial charge in [-0.15, -0.1) is 0 Å². The minimum atomic E-state index is -4.52. The highest BCUT2D eigenvalue weighted by atomic mass is 32.2. The quantitative estimate of drug-likeness (QED) is 0.751. The predicted octanol–water partition coefficient (Wildman–Crippen LogP) is 2.92. The van der Waals surface area contributed by atoms with Gasteiger partial charge in [0.25, 0.3) is 0 Å². The first-order valence-electron chi connectivity index (χ1n) is 7.91. The number of benzene rings is 1. The van der Waals surface area contributed by atoms with Crippen LogP contribution in [0.1, 0.15) is 19.5 Å². The maximum absolute atomic E-state index is 12.5. The predicted molar refractivity (Wildman–Crippen MR) is 89.2 cm³/mol. The van der Waals surface area contributed by atoms with E-state index in [4.69, 9.17) is 4.74 Å². The number of nitrogens with one attached hydrogen (secondary N) is 1. The summed E-state index contributed by atoms with van der Waals surface area (Å²) in [7, 11) is -3.77. The number of ether oxygens (including phenoxy) is 1. The van der Waals surface area contributed by atoms with Crippen LogP contribution in [0.15, 0.2) is 41.4 Å². The van der Waals surface area contributed by atoms with Crippen molar-refractivity contribution in [3.63, 3.8) is 0 Å². The van der Waals surface area contributed by atoms with Crippen LogP contribution < -0.4 is 9.46 Å². The topological polar surface area (TPSA) is 73.2 Å². The van der Waals surface area contributed by atoms with E-state index in [1.165, 1.54) is 12.1 Å². The summed E-state index contributed by atoms with van der Waals surface area (Å²) in [5, 5.41) is 3.36. The fourth-order valence-corrected chi connectivity index (χ4v) is 3.01. The van der Waals surface area contributed by atoms with Gasteiger partial charge in [0.05, 0.1) is 18.0 Å². The molecule has 0 saturated carbocycles. The fraction of sp³-hybridized carbons (Fsp3) is 0.438. The number of sulfonamides is 1. The van der Waals surface area contributed by atoms with Crippen molar-refractivity contribution in [2.75, 3.05) is 13.2 Å². The highest BCUT2D eigenvalue weighted by Gasteiger charge is 2.33. The second-order valence-electron chi connectivity index (χ2n) is 6.04. The first-order valence-corrected chi connectivity index (χ1v) is 9.39. The monoisotopic (exact) mass is 391 g/mol. The summed E-state index contributed by atoms with van der Waals surface area (Å²) in [6, 6.07) is 6.77. The molecule has 2 rings (SSSR count). The molecule has 0 unspecified atom stereocenters. The molecular weight excluding hydrogens is 371 g/mol. The molecule has 0 bridgehead atoms. The Balaban J connectivity index is 1.91. The number of nitrogens with zero attached hydrogens (tertiary/aromatic N) is 2. The molecule has 0 aliphatic heterocycles. The van der Waals surface area contributed by atoms with Gasteiger partial charge in [0.2, 0.25) is 10.0 Å². The van der Waals surface area contributed by atoms with Crippen LogP contribution in [0.4, 0.5) is 13.2 Å². The molecule has 1 heterocycles. The lowest BCUT2D eigenvalue weighted by Crippen LogP contribution is -2.27. The van der Waals surface area contributed by atoms with Crippen LogP contribution >= 0.6 is 0 Å². The van der Waals surface area contributed by atoms with E-state index in [0.717, 1.165) is 16.9 Å². The molecule has 0 radical (unpaired) electrons. The Morgan fingerprint density at radius 3 is 2.38 bits per heavy atom. The molecule has 10 heteroatoms. The maximum Gasteiger partial charge on any atom is 0.435 e. The van der Waals surface area contributed by atoms with Gasteiger partial charge in [-0.1, -0.05) is 13.8 Å². The molecule has 1 aromatic heterocycles. The van der Waals surface area contributed by atoms with Crippen molar-refractivity contribution in [2.24, 2.45) is 5.92 Å². The third-order valence-corrected chi connectivity index (χ3v) is 4.76. The van der Waals surface area contributed by atoms with Gasteiger partial charge in [-0.05, 0) is 36.2 Å². The molecule has 0 saturated heterocycles. The van der Waals surface area contributed by atoms with E-state index in [9.17, 15) is 21.6 Å². The Kier molecular flexibility index (Phi) is 6.30. The van der Waals surface area contributed by atoms with Crippen LogP contribution in [0.25, 0.3) is 0 Å². The Morgan fingerprint density at radius 1 is 1.19 bits per heavy atom. The number of halogens is 3. The lowest BCUT2D eigenvalue weighted by molar-refractivity contribution is -0.141. The van der Waals surface area contributed by atoms with Gasteiger partial charge in [-0.2, -0.15) is 18.3 Å². The molecule has 0 atom stereocenters. The number of hydrogen-bond acceptors (Lipinski definition) is 4. The Hall–Kier alpha value is -2.07. The average molecular weight is 391 g/mol. The summed E-state index contributed by atoms with van der Waals surface area (Å²) < 4.78 is 70.7. The van der Waals surface area contributed by atoms with E-state index >= 15 is 0 Å². The van der Waals surface area contributed by atoms with Crippen molar-refractivity contribution in [1.29, 1.82) is 0 Å². The van der Waals surface area contributed by atoms with E-state index in [2.05, 4.69) is 9.82 Å². The number of alkyl halides is 3. The maximum atomic E-state index is 12.5. The third-order valence-electron chi connectivity index (χ3n) is 3.28. The summed E-state index contributed by atoms with van der Waals surface area (Å²) in [4.78, 5) is 0.0471. The van der Waals surface area contributed by atoms with E-state index < -0.39 is 21.9 Å². The summed E-state index contributed by atoms with van der Waals surface area (Å²) in [5.74, 6) is 0.911. The van der Waals surface area contributed by atoms with Gasteiger partial charge in [0.15, 0.2) is 5.69 Å². The summed E-state index contributed by atoms with van der Waals surface area (Å²) in [6.07, 6.45) is -3.37. The van der Waals surface area contributed by atoms with Gasteiger partial charge in [0.1, 0.15) is 5.75 Å². The van der Waals surface area contributed by atoms with Gasteiger partial charge < -0.3 is 4.74 Å². The van der Waals surface area contributed by atoms with Crippen LogP contribution in [-0.4, -0.2) is 31.3 Å². The largest absolute Gasteiger partial charge is 0.493 e. The molecule has 2 aromatic rings. The fourth-order valence-electron chi connectivity index (χ4n) is 1.99. The molecule has 144 valence electrons. The normalized spacial score (nSPS) is 12.5. The lowest BCUT2D eigenvalue weighted by atomic mass is 10.2. The molecule has 0 aliphatic rings. The average Bonchev–Trinajstić information content (AvgIpc) is 3.02. The van der Waals surface area contributed by atoms with Crippen LogP contribution in [0.5, 0.6) is 5.75 Å². The first-order chi connectivity index (χ1) is 12.1. The Bertz CT molecular complexity index is 815. The Morgan fingerprint density at radius 2 is 1.85 bits per heavy atom. The molecule has 0 fully saturated rings. The van der Waals surface area contributed by atoms with Crippen molar-refractivity contribution >= 4 is 10.0 Å². The molecule has 1 N–H and O–H groups in total.